The minimum atomic E-state index is 0.225. The molecule has 1 aromatic carbocycles. The van der Waals surface area contributed by atoms with Crippen LogP contribution in [0.5, 0.6) is 0 Å². The standard InChI is InChI=1S/C19H29N3O/c23-19(9-8-16-10-11-20-13-16)21-14-18-7-4-12-22(18)15-17-5-2-1-3-6-17/h1-3,5-6,16,18,20H,4,7-15H2,(H,21,23). The summed E-state index contributed by atoms with van der Waals surface area (Å²) in [6.07, 6.45) is 5.36. The predicted molar refractivity (Wildman–Crippen MR) is 93.1 cm³/mol. The SMILES string of the molecule is O=C(CCC1CCNC1)NCC1CCCN1Cc1ccccc1. The van der Waals surface area contributed by atoms with Gasteiger partial charge in [0.25, 0.3) is 0 Å². The molecule has 2 N–H and O–H groups in total. The molecular formula is C19H29N3O. The number of nitrogens with one attached hydrogen (secondary N) is 2. The van der Waals surface area contributed by atoms with E-state index in [1.165, 1.54) is 24.8 Å². The number of rotatable bonds is 7. The van der Waals surface area contributed by atoms with Crippen molar-refractivity contribution < 1.29 is 4.79 Å². The lowest BCUT2D eigenvalue weighted by molar-refractivity contribution is -0.121. The van der Waals surface area contributed by atoms with Crippen molar-refractivity contribution in [3.8, 4) is 0 Å². The first-order valence-electron chi connectivity index (χ1n) is 9.06. The monoisotopic (exact) mass is 315 g/mol. The summed E-state index contributed by atoms with van der Waals surface area (Å²) in [6, 6.07) is 11.1. The van der Waals surface area contributed by atoms with E-state index in [9.17, 15) is 4.79 Å². The fourth-order valence-electron chi connectivity index (χ4n) is 3.77. The second kappa shape index (κ2) is 8.46. The fraction of sp³-hybridized carbons (Fsp3) is 0.632. The molecule has 0 aliphatic carbocycles. The summed E-state index contributed by atoms with van der Waals surface area (Å²) in [4.78, 5) is 14.6. The summed E-state index contributed by atoms with van der Waals surface area (Å²) in [5.74, 6) is 0.922. The van der Waals surface area contributed by atoms with Crippen molar-refractivity contribution in [2.45, 2.75) is 44.7 Å². The zero-order chi connectivity index (χ0) is 15.9. The van der Waals surface area contributed by atoms with Crippen LogP contribution in [-0.4, -0.2) is 43.0 Å². The Kier molecular flexibility index (Phi) is 6.06. The van der Waals surface area contributed by atoms with E-state index in [0.29, 0.717) is 18.4 Å². The number of likely N-dealkylation sites (tertiary alicyclic amines) is 1. The summed E-state index contributed by atoms with van der Waals surface area (Å²) in [5, 5.41) is 6.53. The molecule has 0 saturated carbocycles. The van der Waals surface area contributed by atoms with E-state index in [-0.39, 0.29) is 5.91 Å². The summed E-state index contributed by atoms with van der Waals surface area (Å²) >= 11 is 0. The minimum absolute atomic E-state index is 0.225. The van der Waals surface area contributed by atoms with Gasteiger partial charge in [-0.15, -0.1) is 0 Å². The molecule has 0 spiro atoms. The number of carbonyl (C=O) groups is 1. The lowest BCUT2D eigenvalue weighted by atomic mass is 10.0. The Morgan fingerprint density at radius 1 is 1.26 bits per heavy atom. The normalized spacial score (nSPS) is 24.9. The van der Waals surface area contributed by atoms with E-state index in [2.05, 4.69) is 45.9 Å². The number of amides is 1. The van der Waals surface area contributed by atoms with Crippen LogP contribution < -0.4 is 10.6 Å². The molecule has 2 unspecified atom stereocenters. The molecule has 2 aliphatic heterocycles. The van der Waals surface area contributed by atoms with Gasteiger partial charge in [-0.05, 0) is 56.8 Å². The summed E-state index contributed by atoms with van der Waals surface area (Å²) in [5.41, 5.74) is 1.36. The Hall–Kier alpha value is -1.39. The average molecular weight is 315 g/mol. The van der Waals surface area contributed by atoms with Gasteiger partial charge in [0, 0.05) is 25.6 Å². The van der Waals surface area contributed by atoms with Gasteiger partial charge in [0.05, 0.1) is 0 Å². The third-order valence-electron chi connectivity index (χ3n) is 5.20. The lowest BCUT2D eigenvalue weighted by Crippen LogP contribution is -2.39. The predicted octanol–water partition coefficient (Wildman–Crippen LogP) is 2.16. The summed E-state index contributed by atoms with van der Waals surface area (Å²) in [6.45, 7) is 5.14. The molecule has 126 valence electrons. The fourth-order valence-corrected chi connectivity index (χ4v) is 3.77. The molecular weight excluding hydrogens is 286 g/mol. The van der Waals surface area contributed by atoms with Crippen LogP contribution >= 0.6 is 0 Å². The maximum Gasteiger partial charge on any atom is 0.220 e. The molecule has 2 heterocycles. The van der Waals surface area contributed by atoms with Crippen molar-refractivity contribution >= 4 is 5.91 Å². The highest BCUT2D eigenvalue weighted by Crippen LogP contribution is 2.20. The van der Waals surface area contributed by atoms with Crippen LogP contribution in [0.4, 0.5) is 0 Å². The van der Waals surface area contributed by atoms with Crippen LogP contribution in [-0.2, 0) is 11.3 Å². The molecule has 0 aromatic heterocycles. The number of benzene rings is 1. The van der Waals surface area contributed by atoms with Crippen LogP contribution in [0.25, 0.3) is 0 Å². The Bertz CT molecular complexity index is 485. The van der Waals surface area contributed by atoms with Gasteiger partial charge in [-0.25, -0.2) is 0 Å². The van der Waals surface area contributed by atoms with E-state index in [4.69, 9.17) is 0 Å². The van der Waals surface area contributed by atoms with Crippen LogP contribution in [0, 0.1) is 5.92 Å². The van der Waals surface area contributed by atoms with Crippen LogP contribution in [0.2, 0.25) is 0 Å². The van der Waals surface area contributed by atoms with Crippen molar-refractivity contribution in [1.29, 1.82) is 0 Å². The van der Waals surface area contributed by atoms with Gasteiger partial charge >= 0.3 is 0 Å². The van der Waals surface area contributed by atoms with Crippen molar-refractivity contribution in [3.63, 3.8) is 0 Å². The van der Waals surface area contributed by atoms with Gasteiger partial charge in [-0.2, -0.15) is 0 Å². The van der Waals surface area contributed by atoms with Crippen molar-refractivity contribution in [1.82, 2.24) is 15.5 Å². The third kappa shape index (κ3) is 5.05. The van der Waals surface area contributed by atoms with Gasteiger partial charge in [-0.3, -0.25) is 9.69 Å². The first-order valence-corrected chi connectivity index (χ1v) is 9.06. The second-order valence-corrected chi connectivity index (χ2v) is 6.95. The maximum atomic E-state index is 12.1. The van der Waals surface area contributed by atoms with Crippen LogP contribution in [0.1, 0.15) is 37.7 Å². The topological polar surface area (TPSA) is 44.4 Å². The highest BCUT2D eigenvalue weighted by molar-refractivity contribution is 5.75. The molecule has 0 radical (unpaired) electrons. The largest absolute Gasteiger partial charge is 0.355 e. The molecule has 2 atom stereocenters. The number of carbonyl (C=O) groups excluding carboxylic acids is 1. The highest BCUT2D eigenvalue weighted by Gasteiger charge is 2.25. The molecule has 2 aliphatic rings. The van der Waals surface area contributed by atoms with Crippen LogP contribution in [0.15, 0.2) is 30.3 Å². The van der Waals surface area contributed by atoms with E-state index < -0.39 is 0 Å². The average Bonchev–Trinajstić information content (AvgIpc) is 3.24. The first-order chi connectivity index (χ1) is 11.3. The molecule has 23 heavy (non-hydrogen) atoms. The van der Waals surface area contributed by atoms with Crippen molar-refractivity contribution in [2.24, 2.45) is 5.92 Å². The maximum absolute atomic E-state index is 12.1. The third-order valence-corrected chi connectivity index (χ3v) is 5.20. The molecule has 4 heteroatoms. The molecule has 3 rings (SSSR count). The molecule has 2 fully saturated rings. The quantitative estimate of drug-likeness (QED) is 0.810. The van der Waals surface area contributed by atoms with Crippen LogP contribution in [0.3, 0.4) is 0 Å². The van der Waals surface area contributed by atoms with E-state index >= 15 is 0 Å². The van der Waals surface area contributed by atoms with Gasteiger partial charge in [-0.1, -0.05) is 30.3 Å². The molecule has 4 nitrogen and oxygen atoms in total. The lowest BCUT2D eigenvalue weighted by Gasteiger charge is -2.25. The Labute approximate surface area is 139 Å². The van der Waals surface area contributed by atoms with Crippen molar-refractivity contribution in [3.05, 3.63) is 35.9 Å². The second-order valence-electron chi connectivity index (χ2n) is 6.95. The van der Waals surface area contributed by atoms with Gasteiger partial charge < -0.3 is 10.6 Å². The Balaban J connectivity index is 1.39. The zero-order valence-electron chi connectivity index (χ0n) is 14.0. The molecule has 0 bridgehead atoms. The van der Waals surface area contributed by atoms with E-state index in [1.54, 1.807) is 0 Å². The minimum Gasteiger partial charge on any atom is -0.355 e. The number of hydrogen-bond acceptors (Lipinski definition) is 3. The van der Waals surface area contributed by atoms with Gasteiger partial charge in [0.2, 0.25) is 5.91 Å². The zero-order valence-corrected chi connectivity index (χ0v) is 14.0. The molecule has 2 saturated heterocycles. The Morgan fingerprint density at radius 2 is 2.13 bits per heavy atom. The molecule has 1 aromatic rings. The number of hydrogen-bond donors (Lipinski definition) is 2. The Morgan fingerprint density at radius 3 is 2.91 bits per heavy atom. The summed E-state index contributed by atoms with van der Waals surface area (Å²) in [7, 11) is 0. The molecule has 1 amide bonds. The number of nitrogens with zero attached hydrogens (tertiary/aromatic N) is 1. The van der Waals surface area contributed by atoms with Gasteiger partial charge in [0.15, 0.2) is 0 Å². The first kappa shape index (κ1) is 16.5. The van der Waals surface area contributed by atoms with Gasteiger partial charge in [0.1, 0.15) is 0 Å². The highest BCUT2D eigenvalue weighted by atomic mass is 16.1. The van der Waals surface area contributed by atoms with Crippen molar-refractivity contribution in [2.75, 3.05) is 26.2 Å². The van der Waals surface area contributed by atoms with E-state index in [1.807, 2.05) is 0 Å². The smallest absolute Gasteiger partial charge is 0.220 e. The van der Waals surface area contributed by atoms with E-state index in [0.717, 1.165) is 39.1 Å². The summed E-state index contributed by atoms with van der Waals surface area (Å²) < 4.78 is 0.